The number of carbonyl (C=O) groups excluding carboxylic acids is 1. The van der Waals surface area contributed by atoms with E-state index in [0.29, 0.717) is 12.5 Å². The van der Waals surface area contributed by atoms with E-state index in [9.17, 15) is 14.7 Å². The lowest BCUT2D eigenvalue weighted by molar-refractivity contribution is -0.222. The summed E-state index contributed by atoms with van der Waals surface area (Å²) in [6.07, 6.45) is 2.78. The van der Waals surface area contributed by atoms with Gasteiger partial charge in [0, 0.05) is 23.7 Å². The molecule has 5 fully saturated rings. The fraction of sp³-hybridized carbons (Fsp3) is 0.667. The highest BCUT2D eigenvalue weighted by atomic mass is 16.7. The van der Waals surface area contributed by atoms with Gasteiger partial charge in [-0.05, 0) is 66.6 Å². The smallest absolute Gasteiger partial charge is 0.335 e. The number of hydrogen-bond donors (Lipinski definition) is 1. The molecule has 0 bridgehead atoms. The fourth-order valence-corrected chi connectivity index (χ4v) is 9.88. The zero-order chi connectivity index (χ0) is 26.4. The highest BCUT2D eigenvalue weighted by Crippen LogP contribution is 2.90. The minimum atomic E-state index is -0.966. The van der Waals surface area contributed by atoms with Gasteiger partial charge in [0.25, 0.3) is 0 Å². The van der Waals surface area contributed by atoms with Crippen molar-refractivity contribution in [2.45, 2.75) is 82.3 Å². The predicted octanol–water partition coefficient (Wildman–Crippen LogP) is 4.04. The van der Waals surface area contributed by atoms with Gasteiger partial charge < -0.3 is 28.8 Å². The SMILES string of the molecule is COC(O[C@@H]1[C@@]2(C(C)C)O[C@H]2C2C[C@]23[C@]12O[C@H]2C[C@H]1C2=C(CC[C@@]13C)C(=O)OC2)c1ccc(C(=O)O)cc1. The van der Waals surface area contributed by atoms with Gasteiger partial charge >= 0.3 is 11.9 Å². The number of methoxy groups -OCH3 is 1. The summed E-state index contributed by atoms with van der Waals surface area (Å²) < 4.78 is 31.9. The zero-order valence-corrected chi connectivity index (χ0v) is 22.2. The summed E-state index contributed by atoms with van der Waals surface area (Å²) in [7, 11) is 1.62. The standard InChI is InChI=1S/C30H34O8/c1-14(2)29-22(38-29)20-12-28(20)27(3)10-9-17-18(13-35-24(17)33)19(27)11-21-30(28,37-21)26(29)36-25(34-4)16-7-5-15(6-8-16)23(31)32/h5-8,14,19-22,25-26H,9-13H2,1-4H3,(H,31,32)/t19-,20?,21-,22-,25?,26+,27-,28-,29-,30+/m0/s1. The van der Waals surface area contributed by atoms with Crippen molar-refractivity contribution < 1.29 is 38.4 Å². The maximum absolute atomic E-state index is 12.4. The molecule has 0 amide bonds. The molecule has 10 atom stereocenters. The van der Waals surface area contributed by atoms with Crippen molar-refractivity contribution in [3.63, 3.8) is 0 Å². The molecule has 1 aromatic carbocycles. The van der Waals surface area contributed by atoms with Crippen molar-refractivity contribution in [3.8, 4) is 0 Å². The predicted molar refractivity (Wildman–Crippen MR) is 132 cm³/mol. The molecule has 3 heterocycles. The number of hydrogen-bond acceptors (Lipinski definition) is 7. The van der Waals surface area contributed by atoms with Crippen molar-refractivity contribution >= 4 is 11.9 Å². The molecule has 0 aromatic heterocycles. The normalized spacial score (nSPS) is 47.6. The maximum Gasteiger partial charge on any atom is 0.335 e. The van der Waals surface area contributed by atoms with Crippen molar-refractivity contribution in [1.29, 1.82) is 0 Å². The van der Waals surface area contributed by atoms with Crippen LogP contribution in [0.5, 0.6) is 0 Å². The number of epoxide rings is 2. The van der Waals surface area contributed by atoms with Crippen LogP contribution in [-0.2, 0) is 28.5 Å². The van der Waals surface area contributed by atoms with Crippen LogP contribution in [0.25, 0.3) is 0 Å². The topological polar surface area (TPSA) is 107 Å². The summed E-state index contributed by atoms with van der Waals surface area (Å²) in [6.45, 7) is 7.25. The van der Waals surface area contributed by atoms with Crippen LogP contribution in [0, 0.1) is 28.6 Å². The lowest BCUT2D eigenvalue weighted by atomic mass is 9.45. The lowest BCUT2D eigenvalue weighted by Crippen LogP contribution is -2.65. The van der Waals surface area contributed by atoms with Gasteiger partial charge in [0.05, 0.1) is 17.8 Å². The van der Waals surface area contributed by atoms with Crippen LogP contribution in [-0.4, -0.2) is 60.3 Å². The zero-order valence-electron chi connectivity index (χ0n) is 22.2. The summed E-state index contributed by atoms with van der Waals surface area (Å²) in [5.74, 6) is -0.179. The summed E-state index contributed by atoms with van der Waals surface area (Å²) in [5.41, 5.74) is 2.10. The van der Waals surface area contributed by atoms with E-state index in [0.717, 1.165) is 36.8 Å². The quantitative estimate of drug-likeness (QED) is 0.339. The minimum absolute atomic E-state index is 0.0279. The van der Waals surface area contributed by atoms with Gasteiger partial charge in [0.1, 0.15) is 23.9 Å². The van der Waals surface area contributed by atoms with Crippen LogP contribution in [0.1, 0.15) is 68.7 Å². The number of aromatic carboxylic acids is 1. The van der Waals surface area contributed by atoms with Crippen LogP contribution in [0.4, 0.5) is 0 Å². The van der Waals surface area contributed by atoms with Crippen LogP contribution in [0.2, 0.25) is 0 Å². The van der Waals surface area contributed by atoms with E-state index < -0.39 is 23.5 Å². The Morgan fingerprint density at radius 1 is 1.18 bits per heavy atom. The Kier molecular flexibility index (Phi) is 4.40. The molecule has 8 nitrogen and oxygen atoms in total. The van der Waals surface area contributed by atoms with Crippen molar-refractivity contribution in [2.75, 3.05) is 13.7 Å². The molecule has 1 aromatic rings. The van der Waals surface area contributed by atoms with E-state index in [4.69, 9.17) is 23.7 Å². The molecular weight excluding hydrogens is 488 g/mol. The van der Waals surface area contributed by atoms with E-state index in [1.54, 1.807) is 31.4 Å². The van der Waals surface area contributed by atoms with Gasteiger partial charge in [-0.25, -0.2) is 9.59 Å². The van der Waals surface area contributed by atoms with Gasteiger partial charge in [-0.1, -0.05) is 32.9 Å². The molecular formula is C30H34O8. The molecule has 2 spiro atoms. The first-order valence-electron chi connectivity index (χ1n) is 13.9. The van der Waals surface area contributed by atoms with E-state index in [-0.39, 0.29) is 52.5 Å². The van der Waals surface area contributed by atoms with Gasteiger partial charge in [0.2, 0.25) is 0 Å². The second kappa shape index (κ2) is 7.08. The fourth-order valence-electron chi connectivity index (χ4n) is 9.88. The second-order valence-corrected chi connectivity index (χ2v) is 13.0. The Hall–Kier alpha value is -2.26. The number of carboxylic acids is 1. The van der Waals surface area contributed by atoms with Crippen molar-refractivity contribution in [3.05, 3.63) is 46.5 Å². The van der Waals surface area contributed by atoms with E-state index in [1.165, 1.54) is 5.57 Å². The molecule has 4 aliphatic carbocycles. The van der Waals surface area contributed by atoms with E-state index >= 15 is 0 Å². The molecule has 1 N–H and O–H groups in total. The van der Waals surface area contributed by atoms with Crippen LogP contribution < -0.4 is 0 Å². The number of ether oxygens (including phenoxy) is 5. The number of cyclic esters (lactones) is 1. The largest absolute Gasteiger partial charge is 0.478 e. The second-order valence-electron chi connectivity index (χ2n) is 13.0. The summed E-state index contributed by atoms with van der Waals surface area (Å²) in [4.78, 5) is 23.8. The summed E-state index contributed by atoms with van der Waals surface area (Å²) in [6, 6.07) is 6.69. The van der Waals surface area contributed by atoms with Crippen molar-refractivity contribution in [1.82, 2.24) is 0 Å². The first-order chi connectivity index (χ1) is 18.2. The number of fused-ring (bicyclic) bond motifs is 4. The molecule has 3 aliphatic heterocycles. The van der Waals surface area contributed by atoms with Crippen LogP contribution >= 0.6 is 0 Å². The third-order valence-corrected chi connectivity index (χ3v) is 11.7. The monoisotopic (exact) mass is 522 g/mol. The third-order valence-electron chi connectivity index (χ3n) is 11.7. The minimum Gasteiger partial charge on any atom is -0.478 e. The number of carbonyl (C=O) groups is 2. The van der Waals surface area contributed by atoms with Gasteiger partial charge in [-0.15, -0.1) is 0 Å². The third kappa shape index (κ3) is 2.44. The Bertz CT molecular complexity index is 1300. The molecule has 202 valence electrons. The number of benzene rings is 1. The first-order valence-corrected chi connectivity index (χ1v) is 13.9. The molecule has 8 heteroatoms. The highest BCUT2D eigenvalue weighted by molar-refractivity contribution is 5.92. The molecule has 8 rings (SSSR count). The Labute approximate surface area is 221 Å². The van der Waals surface area contributed by atoms with Crippen LogP contribution in [0.15, 0.2) is 35.4 Å². The summed E-state index contributed by atoms with van der Waals surface area (Å²) >= 11 is 0. The highest BCUT2D eigenvalue weighted by Gasteiger charge is 2.98. The molecule has 7 aliphatic rings. The van der Waals surface area contributed by atoms with E-state index in [2.05, 4.69) is 20.8 Å². The average Bonchev–Trinajstić information content (AvgIpc) is 3.80. The average molecular weight is 523 g/mol. The van der Waals surface area contributed by atoms with E-state index in [1.807, 2.05) is 0 Å². The lowest BCUT2D eigenvalue weighted by Gasteiger charge is -2.57. The first kappa shape index (κ1) is 23.6. The van der Waals surface area contributed by atoms with Crippen LogP contribution in [0.3, 0.4) is 0 Å². The Morgan fingerprint density at radius 2 is 1.95 bits per heavy atom. The summed E-state index contributed by atoms with van der Waals surface area (Å²) in [5, 5.41) is 9.33. The van der Waals surface area contributed by atoms with Gasteiger partial charge in [-0.2, -0.15) is 0 Å². The Morgan fingerprint density at radius 3 is 2.63 bits per heavy atom. The van der Waals surface area contributed by atoms with Gasteiger partial charge in [-0.3, -0.25) is 0 Å². The number of carboxylic acid groups (broad SMARTS) is 1. The molecule has 38 heavy (non-hydrogen) atoms. The number of rotatable bonds is 6. The number of esters is 1. The molecule has 3 saturated carbocycles. The maximum atomic E-state index is 12.4. The van der Waals surface area contributed by atoms with Gasteiger partial charge in [0.15, 0.2) is 6.29 Å². The van der Waals surface area contributed by atoms with Crippen molar-refractivity contribution in [2.24, 2.45) is 28.6 Å². The Balaban J connectivity index is 1.20. The molecule has 2 saturated heterocycles. The molecule has 2 unspecified atom stereocenters. The molecule has 0 radical (unpaired) electrons.